The number of hydrogen-bond donors (Lipinski definition) is 1. The lowest BCUT2D eigenvalue weighted by atomic mass is 10.2. The van der Waals surface area contributed by atoms with E-state index in [4.69, 9.17) is 4.74 Å². The molecular formula is C15H18N2O. The summed E-state index contributed by atoms with van der Waals surface area (Å²) >= 11 is 0. The Morgan fingerprint density at radius 3 is 2.78 bits per heavy atom. The lowest BCUT2D eigenvalue weighted by Crippen LogP contribution is -2.02. The average Bonchev–Trinajstić information content (AvgIpc) is 2.39. The highest BCUT2D eigenvalue weighted by Crippen LogP contribution is 2.21. The van der Waals surface area contributed by atoms with Crippen LogP contribution < -0.4 is 10.1 Å². The fourth-order valence-electron chi connectivity index (χ4n) is 1.78. The maximum atomic E-state index is 5.46. The minimum absolute atomic E-state index is 0.695. The number of aromatic nitrogens is 1. The second-order valence-corrected chi connectivity index (χ2v) is 4.08. The van der Waals surface area contributed by atoms with Crippen LogP contribution in [0.5, 0.6) is 5.75 Å². The molecule has 18 heavy (non-hydrogen) atoms. The molecule has 1 aromatic carbocycles. The lowest BCUT2D eigenvalue weighted by molar-refractivity contribution is 0.340. The SMILES string of the molecule is CCOc1ccc(NCc2ccccn2)c(C)c1. The fraction of sp³-hybridized carbons (Fsp3) is 0.267. The van der Waals surface area contributed by atoms with Crippen molar-refractivity contribution < 1.29 is 4.74 Å². The molecule has 0 atom stereocenters. The van der Waals surface area contributed by atoms with Crippen LogP contribution in [0.4, 0.5) is 5.69 Å². The summed E-state index contributed by atoms with van der Waals surface area (Å²) in [5, 5.41) is 3.38. The Hall–Kier alpha value is -2.03. The summed E-state index contributed by atoms with van der Waals surface area (Å²) in [5.41, 5.74) is 3.33. The Bertz CT molecular complexity index is 497. The monoisotopic (exact) mass is 242 g/mol. The molecule has 0 radical (unpaired) electrons. The average molecular weight is 242 g/mol. The summed E-state index contributed by atoms with van der Waals surface area (Å²) in [7, 11) is 0. The van der Waals surface area contributed by atoms with Gasteiger partial charge in [0.05, 0.1) is 18.8 Å². The number of ether oxygens (including phenoxy) is 1. The van der Waals surface area contributed by atoms with Gasteiger partial charge in [0.2, 0.25) is 0 Å². The van der Waals surface area contributed by atoms with Gasteiger partial charge < -0.3 is 10.1 Å². The van der Waals surface area contributed by atoms with Crippen LogP contribution in [-0.4, -0.2) is 11.6 Å². The Balaban J connectivity index is 2.01. The Morgan fingerprint density at radius 1 is 1.22 bits per heavy atom. The molecule has 1 N–H and O–H groups in total. The highest BCUT2D eigenvalue weighted by atomic mass is 16.5. The number of aryl methyl sites for hydroxylation is 1. The van der Waals surface area contributed by atoms with E-state index in [9.17, 15) is 0 Å². The molecule has 1 aromatic heterocycles. The first-order valence-electron chi connectivity index (χ1n) is 6.17. The van der Waals surface area contributed by atoms with Crippen molar-refractivity contribution in [3.05, 3.63) is 53.9 Å². The third-order valence-electron chi connectivity index (χ3n) is 2.69. The van der Waals surface area contributed by atoms with E-state index in [1.807, 2.05) is 49.5 Å². The summed E-state index contributed by atoms with van der Waals surface area (Å²) in [5.74, 6) is 0.915. The predicted octanol–water partition coefficient (Wildman–Crippen LogP) is 3.40. The van der Waals surface area contributed by atoms with Gasteiger partial charge in [0, 0.05) is 11.9 Å². The van der Waals surface area contributed by atoms with Gasteiger partial charge in [0.1, 0.15) is 5.75 Å². The van der Waals surface area contributed by atoms with Gasteiger partial charge in [-0.1, -0.05) is 6.07 Å². The summed E-state index contributed by atoms with van der Waals surface area (Å²) in [6, 6.07) is 12.0. The minimum atomic E-state index is 0.695. The van der Waals surface area contributed by atoms with Crippen LogP contribution in [0, 0.1) is 6.92 Å². The van der Waals surface area contributed by atoms with Gasteiger partial charge in [-0.15, -0.1) is 0 Å². The van der Waals surface area contributed by atoms with Crippen molar-refractivity contribution in [2.45, 2.75) is 20.4 Å². The largest absolute Gasteiger partial charge is 0.494 e. The molecule has 2 rings (SSSR count). The molecular weight excluding hydrogens is 224 g/mol. The van der Waals surface area contributed by atoms with E-state index in [2.05, 4.69) is 17.2 Å². The number of rotatable bonds is 5. The van der Waals surface area contributed by atoms with Crippen LogP contribution >= 0.6 is 0 Å². The fourth-order valence-corrected chi connectivity index (χ4v) is 1.78. The molecule has 2 aromatic rings. The Morgan fingerprint density at radius 2 is 2.11 bits per heavy atom. The molecule has 3 heteroatoms. The van der Waals surface area contributed by atoms with Crippen LogP contribution in [0.15, 0.2) is 42.6 Å². The summed E-state index contributed by atoms with van der Waals surface area (Å²) < 4.78 is 5.46. The first-order chi connectivity index (χ1) is 8.79. The van der Waals surface area contributed by atoms with Crippen LogP contribution in [0.1, 0.15) is 18.2 Å². The van der Waals surface area contributed by atoms with Crippen molar-refractivity contribution in [3.8, 4) is 5.75 Å². The van der Waals surface area contributed by atoms with Gasteiger partial charge in [-0.3, -0.25) is 4.98 Å². The van der Waals surface area contributed by atoms with Crippen molar-refractivity contribution in [2.24, 2.45) is 0 Å². The number of nitrogens with zero attached hydrogens (tertiary/aromatic N) is 1. The molecule has 0 aliphatic carbocycles. The van der Waals surface area contributed by atoms with Crippen molar-refractivity contribution in [1.29, 1.82) is 0 Å². The molecule has 0 unspecified atom stereocenters. The molecule has 0 aliphatic heterocycles. The molecule has 0 saturated carbocycles. The minimum Gasteiger partial charge on any atom is -0.494 e. The summed E-state index contributed by atoms with van der Waals surface area (Å²) in [6.07, 6.45) is 1.81. The van der Waals surface area contributed by atoms with E-state index < -0.39 is 0 Å². The normalized spacial score (nSPS) is 10.1. The first-order valence-corrected chi connectivity index (χ1v) is 6.17. The number of nitrogens with one attached hydrogen (secondary N) is 1. The molecule has 1 heterocycles. The molecule has 3 nitrogen and oxygen atoms in total. The quantitative estimate of drug-likeness (QED) is 0.872. The van der Waals surface area contributed by atoms with Gasteiger partial charge in [-0.2, -0.15) is 0 Å². The van der Waals surface area contributed by atoms with Crippen molar-refractivity contribution in [1.82, 2.24) is 4.98 Å². The number of hydrogen-bond acceptors (Lipinski definition) is 3. The number of pyridine rings is 1. The van der Waals surface area contributed by atoms with Crippen molar-refractivity contribution in [2.75, 3.05) is 11.9 Å². The molecule has 0 amide bonds. The van der Waals surface area contributed by atoms with Crippen LogP contribution in [0.3, 0.4) is 0 Å². The first kappa shape index (κ1) is 12.4. The molecule has 0 bridgehead atoms. The summed E-state index contributed by atoms with van der Waals surface area (Å²) in [4.78, 5) is 4.28. The topological polar surface area (TPSA) is 34.1 Å². The Kier molecular flexibility index (Phi) is 4.18. The highest BCUT2D eigenvalue weighted by molar-refractivity contribution is 5.53. The molecule has 0 saturated heterocycles. The Labute approximate surface area is 108 Å². The standard InChI is InChI=1S/C15H18N2O/c1-3-18-14-7-8-15(12(2)10-14)17-11-13-6-4-5-9-16-13/h4-10,17H,3,11H2,1-2H3. The van der Waals surface area contributed by atoms with Crippen LogP contribution in [0.2, 0.25) is 0 Å². The molecule has 0 spiro atoms. The van der Waals surface area contributed by atoms with E-state index in [0.717, 1.165) is 23.7 Å². The number of benzene rings is 1. The van der Waals surface area contributed by atoms with Crippen molar-refractivity contribution >= 4 is 5.69 Å². The van der Waals surface area contributed by atoms with E-state index >= 15 is 0 Å². The second kappa shape index (κ2) is 6.05. The third kappa shape index (κ3) is 3.23. The second-order valence-electron chi connectivity index (χ2n) is 4.08. The molecule has 94 valence electrons. The maximum absolute atomic E-state index is 5.46. The molecule has 0 fully saturated rings. The van der Waals surface area contributed by atoms with E-state index in [0.29, 0.717) is 6.61 Å². The van der Waals surface area contributed by atoms with Crippen molar-refractivity contribution in [3.63, 3.8) is 0 Å². The van der Waals surface area contributed by atoms with Gasteiger partial charge in [0.25, 0.3) is 0 Å². The molecule has 0 aliphatic rings. The number of anilines is 1. The zero-order valence-electron chi connectivity index (χ0n) is 10.8. The van der Waals surface area contributed by atoms with Gasteiger partial charge in [0.15, 0.2) is 0 Å². The lowest BCUT2D eigenvalue weighted by Gasteiger charge is -2.11. The van der Waals surface area contributed by atoms with E-state index in [1.165, 1.54) is 5.56 Å². The third-order valence-corrected chi connectivity index (χ3v) is 2.69. The van der Waals surface area contributed by atoms with Crippen LogP contribution in [-0.2, 0) is 6.54 Å². The van der Waals surface area contributed by atoms with Crippen LogP contribution in [0.25, 0.3) is 0 Å². The maximum Gasteiger partial charge on any atom is 0.119 e. The zero-order valence-corrected chi connectivity index (χ0v) is 10.8. The predicted molar refractivity (Wildman–Crippen MR) is 73.9 cm³/mol. The van der Waals surface area contributed by atoms with E-state index in [-0.39, 0.29) is 0 Å². The van der Waals surface area contributed by atoms with Gasteiger partial charge in [-0.05, 0) is 49.7 Å². The smallest absolute Gasteiger partial charge is 0.119 e. The highest BCUT2D eigenvalue weighted by Gasteiger charge is 2.01. The van der Waals surface area contributed by atoms with Gasteiger partial charge >= 0.3 is 0 Å². The van der Waals surface area contributed by atoms with E-state index in [1.54, 1.807) is 0 Å². The zero-order chi connectivity index (χ0) is 12.8. The summed E-state index contributed by atoms with van der Waals surface area (Å²) in [6.45, 7) is 5.49. The van der Waals surface area contributed by atoms with Gasteiger partial charge in [-0.25, -0.2) is 0 Å².